The van der Waals surface area contributed by atoms with Gasteiger partial charge in [-0.2, -0.15) is 5.26 Å². The molecule has 0 unspecified atom stereocenters. The molecule has 2 aromatic heterocycles. The highest BCUT2D eigenvalue weighted by molar-refractivity contribution is 6.05. The van der Waals surface area contributed by atoms with Gasteiger partial charge in [-0.1, -0.05) is 36.4 Å². The molecule has 0 saturated carbocycles. The van der Waals surface area contributed by atoms with Crippen molar-refractivity contribution >= 4 is 21.8 Å². The Labute approximate surface area is 191 Å². The van der Waals surface area contributed by atoms with E-state index in [1.807, 2.05) is 12.1 Å². The highest BCUT2D eigenvalue weighted by atomic mass is 16.1. The fourth-order valence-electron chi connectivity index (χ4n) is 4.23. The summed E-state index contributed by atoms with van der Waals surface area (Å²) in [6.45, 7) is 0.889. The molecule has 0 bridgehead atoms. The van der Waals surface area contributed by atoms with Gasteiger partial charge in [0.05, 0.1) is 28.4 Å². The maximum atomic E-state index is 13.0. The minimum absolute atomic E-state index is 0.150. The van der Waals surface area contributed by atoms with Crippen LogP contribution in [0.15, 0.2) is 89.9 Å². The zero-order valence-electron chi connectivity index (χ0n) is 18.5. The molecule has 160 valence electrons. The summed E-state index contributed by atoms with van der Waals surface area (Å²) in [6.07, 6.45) is 1.79. The van der Waals surface area contributed by atoms with Crippen molar-refractivity contribution in [1.82, 2.24) is 14.5 Å². The van der Waals surface area contributed by atoms with Crippen molar-refractivity contribution in [3.05, 3.63) is 107 Å². The molecule has 0 aliphatic heterocycles. The monoisotopic (exact) mass is 430 g/mol. The van der Waals surface area contributed by atoms with E-state index in [1.165, 1.54) is 5.56 Å². The van der Waals surface area contributed by atoms with Gasteiger partial charge in [-0.25, -0.2) is 0 Å². The fourth-order valence-corrected chi connectivity index (χ4v) is 4.23. The molecule has 0 amide bonds. The second-order valence-electron chi connectivity index (χ2n) is 8.40. The normalized spacial score (nSPS) is 11.2. The zero-order chi connectivity index (χ0) is 22.9. The number of hydrogen-bond donors (Lipinski definition) is 0. The van der Waals surface area contributed by atoms with Crippen molar-refractivity contribution < 1.29 is 0 Å². The Morgan fingerprint density at radius 1 is 0.939 bits per heavy atom. The van der Waals surface area contributed by atoms with Crippen molar-refractivity contribution in [3.63, 3.8) is 0 Å². The van der Waals surface area contributed by atoms with Gasteiger partial charge in [0.1, 0.15) is 0 Å². The van der Waals surface area contributed by atoms with E-state index in [2.05, 4.69) is 66.4 Å². The molecule has 5 heteroatoms. The third kappa shape index (κ3) is 3.89. The van der Waals surface area contributed by atoms with Crippen molar-refractivity contribution in [2.75, 3.05) is 14.1 Å². The summed E-state index contributed by atoms with van der Waals surface area (Å²) in [4.78, 5) is 19.8. The molecular formula is C28H22N4O. The highest BCUT2D eigenvalue weighted by Gasteiger charge is 2.12. The van der Waals surface area contributed by atoms with Gasteiger partial charge < -0.3 is 4.90 Å². The molecule has 33 heavy (non-hydrogen) atoms. The first kappa shape index (κ1) is 20.6. The predicted octanol–water partition coefficient (Wildman–Crippen LogP) is 5.14. The summed E-state index contributed by atoms with van der Waals surface area (Å²) in [6, 6.07) is 27.3. The van der Waals surface area contributed by atoms with Gasteiger partial charge >= 0.3 is 0 Å². The number of hydrogen-bond acceptors (Lipinski definition) is 4. The van der Waals surface area contributed by atoms with Gasteiger partial charge in [0.2, 0.25) is 0 Å². The molecule has 0 aliphatic carbocycles. The molecule has 3 aromatic carbocycles. The first-order valence-electron chi connectivity index (χ1n) is 10.7. The lowest BCUT2D eigenvalue weighted by atomic mass is 10.0. The molecule has 0 saturated heterocycles. The highest BCUT2D eigenvalue weighted by Crippen LogP contribution is 2.30. The Morgan fingerprint density at radius 2 is 1.73 bits per heavy atom. The van der Waals surface area contributed by atoms with Crippen LogP contribution < -0.4 is 5.56 Å². The molecule has 0 aliphatic rings. The Bertz CT molecular complexity index is 1590. The molecule has 5 rings (SSSR count). The van der Waals surface area contributed by atoms with Gasteiger partial charge in [0.25, 0.3) is 5.56 Å². The van der Waals surface area contributed by atoms with Crippen molar-refractivity contribution in [1.29, 1.82) is 5.26 Å². The Kier molecular flexibility index (Phi) is 5.21. The first-order chi connectivity index (χ1) is 16.0. The van der Waals surface area contributed by atoms with Crippen LogP contribution in [0.5, 0.6) is 0 Å². The van der Waals surface area contributed by atoms with Crippen LogP contribution in [0.3, 0.4) is 0 Å². The summed E-state index contributed by atoms with van der Waals surface area (Å²) >= 11 is 0. The van der Waals surface area contributed by atoms with Gasteiger partial charge in [0.15, 0.2) is 0 Å². The van der Waals surface area contributed by atoms with E-state index < -0.39 is 0 Å². The van der Waals surface area contributed by atoms with Crippen LogP contribution >= 0.6 is 0 Å². The van der Waals surface area contributed by atoms with Gasteiger partial charge in [0, 0.05) is 29.6 Å². The average molecular weight is 431 g/mol. The smallest absolute Gasteiger partial charge is 0.255 e. The van der Waals surface area contributed by atoms with Crippen LogP contribution in [0.2, 0.25) is 0 Å². The number of fused-ring (bicyclic) bond motifs is 3. The van der Waals surface area contributed by atoms with Crippen LogP contribution in [0, 0.1) is 11.3 Å². The molecule has 0 N–H and O–H groups in total. The lowest BCUT2D eigenvalue weighted by molar-refractivity contribution is 0.402. The fraction of sp³-hybridized carbons (Fsp3) is 0.107. The minimum Gasteiger partial charge on any atom is -0.305 e. The van der Waals surface area contributed by atoms with Gasteiger partial charge in [-0.3, -0.25) is 14.3 Å². The molecule has 0 fully saturated rings. The lowest BCUT2D eigenvalue weighted by Crippen LogP contribution is -2.17. The molecule has 0 radical (unpaired) electrons. The largest absolute Gasteiger partial charge is 0.305 e. The zero-order valence-corrected chi connectivity index (χ0v) is 18.5. The van der Waals surface area contributed by atoms with Crippen molar-refractivity contribution in [2.45, 2.75) is 6.54 Å². The second kappa shape index (κ2) is 8.34. The number of pyridine rings is 2. The van der Waals surface area contributed by atoms with Crippen LogP contribution in [0.25, 0.3) is 38.6 Å². The SMILES string of the molecule is CN(C)Cc1ccc(-c2ccc3ncc4ccc(=O)n(-c5cccc(C#N)c5)c4c3c2)cc1. The van der Waals surface area contributed by atoms with Crippen LogP contribution in [-0.4, -0.2) is 28.5 Å². The second-order valence-corrected chi connectivity index (χ2v) is 8.40. The number of benzene rings is 3. The third-order valence-electron chi connectivity index (χ3n) is 5.74. The van der Waals surface area contributed by atoms with E-state index in [1.54, 1.807) is 41.1 Å². The van der Waals surface area contributed by atoms with Crippen molar-refractivity contribution in [3.8, 4) is 22.9 Å². The summed E-state index contributed by atoms with van der Waals surface area (Å²) < 4.78 is 1.67. The summed E-state index contributed by atoms with van der Waals surface area (Å²) in [5, 5.41) is 11.1. The maximum Gasteiger partial charge on any atom is 0.255 e. The first-order valence-corrected chi connectivity index (χ1v) is 10.7. The molecule has 5 aromatic rings. The summed E-state index contributed by atoms with van der Waals surface area (Å²) in [5.41, 5.74) is 6.03. The molecule has 2 heterocycles. The van der Waals surface area contributed by atoms with Crippen LogP contribution in [-0.2, 0) is 6.54 Å². The van der Waals surface area contributed by atoms with E-state index >= 15 is 0 Å². The molecule has 5 nitrogen and oxygen atoms in total. The van der Waals surface area contributed by atoms with E-state index in [4.69, 9.17) is 0 Å². The lowest BCUT2D eigenvalue weighted by Gasteiger charge is -2.14. The standard InChI is InChI=1S/C28H22N4O/c1-31(2)18-19-6-8-21(9-7-19)22-10-12-26-25(15-22)28-23(17-30-26)11-13-27(33)32(28)24-5-3-4-20(14-24)16-29/h3-15,17H,18H2,1-2H3. The van der Waals surface area contributed by atoms with Crippen LogP contribution in [0.1, 0.15) is 11.1 Å². The molecule has 0 atom stereocenters. The molecular weight excluding hydrogens is 408 g/mol. The van der Waals surface area contributed by atoms with E-state index in [9.17, 15) is 10.1 Å². The van der Waals surface area contributed by atoms with E-state index in [0.717, 1.165) is 39.5 Å². The Morgan fingerprint density at radius 3 is 2.48 bits per heavy atom. The number of rotatable bonds is 4. The summed E-state index contributed by atoms with van der Waals surface area (Å²) in [5.74, 6) is 0. The van der Waals surface area contributed by atoms with E-state index in [-0.39, 0.29) is 5.56 Å². The maximum absolute atomic E-state index is 13.0. The average Bonchev–Trinajstić information content (AvgIpc) is 2.83. The van der Waals surface area contributed by atoms with Crippen LogP contribution in [0.4, 0.5) is 0 Å². The number of aromatic nitrogens is 2. The Hall–Kier alpha value is -4.27. The minimum atomic E-state index is -0.150. The molecule has 0 spiro atoms. The number of nitriles is 1. The third-order valence-corrected chi connectivity index (χ3v) is 5.74. The van der Waals surface area contributed by atoms with Crippen molar-refractivity contribution in [2.24, 2.45) is 0 Å². The number of nitrogens with zero attached hydrogens (tertiary/aromatic N) is 4. The predicted molar refractivity (Wildman–Crippen MR) is 132 cm³/mol. The van der Waals surface area contributed by atoms with E-state index in [0.29, 0.717) is 11.3 Å². The Balaban J connectivity index is 1.74. The quantitative estimate of drug-likeness (QED) is 0.371. The van der Waals surface area contributed by atoms with Gasteiger partial charge in [-0.05, 0) is 67.2 Å². The van der Waals surface area contributed by atoms with Gasteiger partial charge in [-0.15, -0.1) is 0 Å². The topological polar surface area (TPSA) is 61.9 Å². The summed E-state index contributed by atoms with van der Waals surface area (Å²) in [7, 11) is 4.11.